The molecule has 1 aliphatic heterocycles. The minimum absolute atomic E-state index is 0.0490. The van der Waals surface area contributed by atoms with Gasteiger partial charge in [-0.25, -0.2) is 18.4 Å². The average molecular weight is 530 g/mol. The molecule has 1 fully saturated rings. The minimum Gasteiger partial charge on any atom is -0.365 e. The molecule has 0 aliphatic carbocycles. The van der Waals surface area contributed by atoms with Crippen molar-refractivity contribution in [2.24, 2.45) is 0 Å². The number of hydrogen-bond donors (Lipinski definition) is 1. The first kappa shape index (κ1) is 26.3. The van der Waals surface area contributed by atoms with Gasteiger partial charge < -0.3 is 5.32 Å². The lowest BCUT2D eigenvalue weighted by Gasteiger charge is -2.37. The summed E-state index contributed by atoms with van der Waals surface area (Å²) < 4.78 is 28.1. The van der Waals surface area contributed by atoms with Gasteiger partial charge in [-0.15, -0.1) is 0 Å². The summed E-state index contributed by atoms with van der Waals surface area (Å²) in [6.07, 6.45) is 0. The molecule has 4 aromatic rings. The Kier molecular flexibility index (Phi) is 7.74. The second-order valence-electron chi connectivity index (χ2n) is 10.1. The lowest BCUT2D eigenvalue weighted by atomic mass is 10.0. The number of rotatable bonds is 8. The van der Waals surface area contributed by atoms with Crippen molar-refractivity contribution < 1.29 is 8.42 Å². The predicted molar refractivity (Wildman–Crippen MR) is 153 cm³/mol. The predicted octanol–water partition coefficient (Wildman–Crippen LogP) is 5.43. The van der Waals surface area contributed by atoms with Crippen LogP contribution in [0.15, 0.2) is 83.8 Å². The summed E-state index contributed by atoms with van der Waals surface area (Å²) in [7, 11) is -3.52. The Hall–Kier alpha value is -3.33. The summed E-state index contributed by atoms with van der Waals surface area (Å²) in [5.74, 6) is 1.91. The maximum Gasteiger partial charge on any atom is 0.243 e. The lowest BCUT2D eigenvalue weighted by molar-refractivity contribution is 0.141. The van der Waals surface area contributed by atoms with E-state index >= 15 is 0 Å². The maximum atomic E-state index is 13.3. The van der Waals surface area contributed by atoms with Crippen LogP contribution in [0.5, 0.6) is 0 Å². The van der Waals surface area contributed by atoms with Gasteiger partial charge in [-0.3, -0.25) is 4.90 Å². The largest absolute Gasteiger partial charge is 0.365 e. The number of benzene rings is 3. The van der Waals surface area contributed by atoms with E-state index in [1.54, 1.807) is 16.4 Å². The summed E-state index contributed by atoms with van der Waals surface area (Å²) in [5.41, 5.74) is 3.21. The third-order valence-corrected chi connectivity index (χ3v) is 9.22. The van der Waals surface area contributed by atoms with E-state index in [9.17, 15) is 8.42 Å². The summed E-state index contributed by atoms with van der Waals surface area (Å²) in [6, 6.07) is 25.5. The molecule has 1 N–H and O–H groups in total. The van der Waals surface area contributed by atoms with Gasteiger partial charge in [-0.05, 0) is 48.2 Å². The Morgan fingerprint density at radius 2 is 1.47 bits per heavy atom. The number of nitrogens with one attached hydrogen (secondary N) is 1. The van der Waals surface area contributed by atoms with Gasteiger partial charge in [-0.2, -0.15) is 4.31 Å². The molecule has 198 valence electrons. The number of nitrogens with zero attached hydrogens (tertiary/aromatic N) is 4. The first-order valence-corrected chi connectivity index (χ1v) is 14.7. The molecule has 0 radical (unpaired) electrons. The molecule has 1 unspecified atom stereocenters. The van der Waals surface area contributed by atoms with Crippen LogP contribution in [0.4, 0.5) is 5.82 Å². The fraction of sp³-hybridized carbons (Fsp3) is 0.333. The van der Waals surface area contributed by atoms with Crippen molar-refractivity contribution in [3.05, 3.63) is 95.8 Å². The SMILES string of the molecule is CC(C)c1ccc(S(=O)(=O)N2CCN(C(C)c3nc(NCc4ccccc4)c4ccccc4n3)CC2)cc1. The van der Waals surface area contributed by atoms with E-state index in [1.165, 1.54) is 5.56 Å². The topological polar surface area (TPSA) is 78.4 Å². The molecule has 7 nitrogen and oxygen atoms in total. The summed E-state index contributed by atoms with van der Waals surface area (Å²) in [4.78, 5) is 12.4. The van der Waals surface area contributed by atoms with Crippen LogP contribution >= 0.6 is 0 Å². The maximum absolute atomic E-state index is 13.3. The number of aromatic nitrogens is 2. The summed E-state index contributed by atoms with van der Waals surface area (Å²) in [6.45, 7) is 9.08. The van der Waals surface area contributed by atoms with Crippen molar-refractivity contribution in [1.82, 2.24) is 19.2 Å². The quantitative estimate of drug-likeness (QED) is 0.328. The Morgan fingerprint density at radius 1 is 0.816 bits per heavy atom. The molecule has 2 heterocycles. The van der Waals surface area contributed by atoms with Gasteiger partial charge in [0.2, 0.25) is 10.0 Å². The smallest absolute Gasteiger partial charge is 0.243 e. The van der Waals surface area contributed by atoms with E-state index in [4.69, 9.17) is 9.97 Å². The van der Waals surface area contributed by atoms with Crippen LogP contribution < -0.4 is 5.32 Å². The molecular formula is C30H35N5O2S. The number of hydrogen-bond acceptors (Lipinski definition) is 6. The van der Waals surface area contributed by atoms with Gasteiger partial charge in [0.05, 0.1) is 16.5 Å². The van der Waals surface area contributed by atoms with Crippen molar-refractivity contribution in [3.8, 4) is 0 Å². The second kappa shape index (κ2) is 11.2. The number of sulfonamides is 1. The third kappa shape index (κ3) is 5.57. The standard InChI is InChI=1S/C30H35N5O2S/c1-22(2)25-13-15-26(16-14-25)38(36,37)35-19-17-34(18-20-35)23(3)29-32-28-12-8-7-11-27(28)30(33-29)31-21-24-9-5-4-6-10-24/h4-16,22-23H,17-21H2,1-3H3,(H,31,32,33). The van der Waals surface area contributed by atoms with Crippen LogP contribution in [0.2, 0.25) is 0 Å². The van der Waals surface area contributed by atoms with Crippen LogP contribution in [-0.4, -0.2) is 53.8 Å². The number of para-hydroxylation sites is 1. The van der Waals surface area contributed by atoms with Crippen molar-refractivity contribution in [3.63, 3.8) is 0 Å². The van der Waals surface area contributed by atoms with E-state index in [-0.39, 0.29) is 6.04 Å². The highest BCUT2D eigenvalue weighted by Gasteiger charge is 2.31. The fourth-order valence-corrected chi connectivity index (χ4v) is 6.29. The van der Waals surface area contributed by atoms with E-state index in [1.807, 2.05) is 54.6 Å². The first-order chi connectivity index (χ1) is 18.3. The summed E-state index contributed by atoms with van der Waals surface area (Å²) >= 11 is 0. The highest BCUT2D eigenvalue weighted by molar-refractivity contribution is 7.89. The molecule has 0 bridgehead atoms. The summed E-state index contributed by atoms with van der Waals surface area (Å²) in [5, 5.41) is 4.49. The Morgan fingerprint density at radius 3 is 2.16 bits per heavy atom. The fourth-order valence-electron chi connectivity index (χ4n) is 4.87. The highest BCUT2D eigenvalue weighted by atomic mass is 32.2. The molecule has 0 spiro atoms. The molecule has 1 aliphatic rings. The zero-order valence-corrected chi connectivity index (χ0v) is 23.0. The zero-order valence-electron chi connectivity index (χ0n) is 22.2. The van der Waals surface area contributed by atoms with Crippen molar-refractivity contribution in [2.45, 2.75) is 44.2 Å². The van der Waals surface area contributed by atoms with Crippen molar-refractivity contribution in [2.75, 3.05) is 31.5 Å². The molecule has 5 rings (SSSR count). The Bertz CT molecular complexity index is 1480. The highest BCUT2D eigenvalue weighted by Crippen LogP contribution is 2.27. The number of piperazine rings is 1. The lowest BCUT2D eigenvalue weighted by Crippen LogP contribution is -2.49. The molecular weight excluding hydrogens is 494 g/mol. The molecule has 0 amide bonds. The van der Waals surface area contributed by atoms with E-state index in [0.717, 1.165) is 28.1 Å². The molecule has 3 aromatic carbocycles. The van der Waals surface area contributed by atoms with E-state index in [0.29, 0.717) is 43.5 Å². The zero-order chi connectivity index (χ0) is 26.7. The Balaban J connectivity index is 1.30. The first-order valence-electron chi connectivity index (χ1n) is 13.2. The van der Waals surface area contributed by atoms with Crippen LogP contribution in [0.1, 0.15) is 49.7 Å². The van der Waals surface area contributed by atoms with Crippen LogP contribution in [0.3, 0.4) is 0 Å². The molecule has 0 saturated carbocycles. The Labute approximate surface area is 225 Å². The molecule has 1 aromatic heterocycles. The van der Waals surface area contributed by atoms with E-state index < -0.39 is 10.0 Å². The van der Waals surface area contributed by atoms with Gasteiger partial charge in [0, 0.05) is 38.1 Å². The minimum atomic E-state index is -3.52. The number of fused-ring (bicyclic) bond motifs is 1. The second-order valence-corrected chi connectivity index (χ2v) is 12.1. The molecule has 38 heavy (non-hydrogen) atoms. The number of anilines is 1. The molecule has 1 atom stereocenters. The van der Waals surface area contributed by atoms with Gasteiger partial charge in [0.15, 0.2) is 0 Å². The molecule has 8 heteroatoms. The van der Waals surface area contributed by atoms with Gasteiger partial charge >= 0.3 is 0 Å². The monoisotopic (exact) mass is 529 g/mol. The van der Waals surface area contributed by atoms with Crippen molar-refractivity contribution >= 4 is 26.7 Å². The van der Waals surface area contributed by atoms with Gasteiger partial charge in [0.25, 0.3) is 0 Å². The van der Waals surface area contributed by atoms with Crippen LogP contribution in [0.25, 0.3) is 10.9 Å². The van der Waals surface area contributed by atoms with Gasteiger partial charge in [-0.1, -0.05) is 68.4 Å². The van der Waals surface area contributed by atoms with Crippen molar-refractivity contribution in [1.29, 1.82) is 0 Å². The van der Waals surface area contributed by atoms with Gasteiger partial charge in [0.1, 0.15) is 11.6 Å². The third-order valence-electron chi connectivity index (χ3n) is 7.30. The van der Waals surface area contributed by atoms with Crippen LogP contribution in [-0.2, 0) is 16.6 Å². The van der Waals surface area contributed by atoms with E-state index in [2.05, 4.69) is 43.1 Å². The van der Waals surface area contributed by atoms with Crippen LogP contribution in [0, 0.1) is 0 Å². The average Bonchev–Trinajstić information content (AvgIpc) is 2.96. The normalized spacial score (nSPS) is 16.1. The molecule has 1 saturated heterocycles.